The summed E-state index contributed by atoms with van der Waals surface area (Å²) in [5.74, 6) is 1.94. The van der Waals surface area contributed by atoms with E-state index in [1.807, 2.05) is 27.7 Å². The average molecular weight is 507 g/mol. The lowest BCUT2D eigenvalue weighted by Gasteiger charge is -2.40. The van der Waals surface area contributed by atoms with Gasteiger partial charge in [0.1, 0.15) is 11.5 Å². The van der Waals surface area contributed by atoms with Crippen LogP contribution in [0.4, 0.5) is 0 Å². The summed E-state index contributed by atoms with van der Waals surface area (Å²) in [4.78, 5) is 0. The van der Waals surface area contributed by atoms with Crippen molar-refractivity contribution in [2.45, 2.75) is 40.0 Å². The molecule has 0 N–H and O–H groups in total. The van der Waals surface area contributed by atoms with Gasteiger partial charge in [-0.3, -0.25) is 0 Å². The van der Waals surface area contributed by atoms with Crippen LogP contribution in [-0.4, -0.2) is 0 Å². The maximum Gasteiger partial charge on any atom is 0.140 e. The van der Waals surface area contributed by atoms with Crippen LogP contribution in [0, 0.1) is 6.92 Å². The van der Waals surface area contributed by atoms with Crippen molar-refractivity contribution < 1.29 is 4.74 Å². The molecular weight excluding hydrogens is 472 g/mol. The fraction of sp³-hybridized carbons (Fsp3) is 0.158. The number of benzene rings is 6. The molecule has 0 saturated heterocycles. The SMILES string of the molecule is CC.CC.Cc1ccc2c(c1)C1(c3ccccc3-2)c2ccc3ccccc3c2Oc2c1ccc1ccccc21. The normalized spacial score (nSPS) is 13.2. The van der Waals surface area contributed by atoms with Crippen molar-refractivity contribution in [3.8, 4) is 22.6 Å². The zero-order valence-corrected chi connectivity index (χ0v) is 23.4. The summed E-state index contributed by atoms with van der Waals surface area (Å²) in [5.41, 5.74) is 8.56. The van der Waals surface area contributed by atoms with Gasteiger partial charge in [-0.2, -0.15) is 0 Å². The number of ether oxygens (including phenoxy) is 1. The molecule has 0 fully saturated rings. The molecular formula is C38H34O. The molecule has 1 aliphatic heterocycles. The van der Waals surface area contributed by atoms with Crippen LogP contribution in [0.1, 0.15) is 55.5 Å². The van der Waals surface area contributed by atoms with E-state index < -0.39 is 5.41 Å². The molecule has 0 atom stereocenters. The fourth-order valence-electron chi connectivity index (χ4n) is 6.52. The van der Waals surface area contributed by atoms with Crippen molar-refractivity contribution in [2.24, 2.45) is 0 Å². The van der Waals surface area contributed by atoms with Crippen LogP contribution in [0.2, 0.25) is 0 Å². The van der Waals surface area contributed by atoms with Gasteiger partial charge in [0, 0.05) is 21.9 Å². The molecule has 1 aliphatic carbocycles. The second-order valence-electron chi connectivity index (χ2n) is 9.77. The van der Waals surface area contributed by atoms with Gasteiger partial charge in [-0.05, 0) is 39.9 Å². The molecule has 0 amide bonds. The molecule has 0 saturated carbocycles. The van der Waals surface area contributed by atoms with Gasteiger partial charge < -0.3 is 4.74 Å². The standard InChI is InChI=1S/C34H22O.2C2H6/c1-21-14-17-27-26-12-6-7-13-28(26)34(31(27)20-21)29-18-15-22-8-2-4-10-24(22)32(29)35-33-25-11-5-3-9-23(25)16-19-30(33)34;2*1-2/h2-20H,1H3;2*1-2H3. The molecule has 1 nitrogen and oxygen atoms in total. The summed E-state index contributed by atoms with van der Waals surface area (Å²) >= 11 is 0. The lowest BCUT2D eigenvalue weighted by atomic mass is 9.65. The molecule has 1 spiro atoms. The van der Waals surface area contributed by atoms with Crippen LogP contribution in [0.3, 0.4) is 0 Å². The van der Waals surface area contributed by atoms with Gasteiger partial charge in [0.25, 0.3) is 0 Å². The van der Waals surface area contributed by atoms with Gasteiger partial charge in [0.2, 0.25) is 0 Å². The van der Waals surface area contributed by atoms with E-state index in [0.29, 0.717) is 0 Å². The van der Waals surface area contributed by atoms with E-state index in [2.05, 4.69) is 122 Å². The third-order valence-corrected chi connectivity index (χ3v) is 7.97. The van der Waals surface area contributed by atoms with E-state index in [4.69, 9.17) is 4.74 Å². The highest BCUT2D eigenvalue weighted by Gasteiger charge is 2.51. The van der Waals surface area contributed by atoms with E-state index >= 15 is 0 Å². The first-order valence-electron chi connectivity index (χ1n) is 14.2. The molecule has 39 heavy (non-hydrogen) atoms. The Kier molecular flexibility index (Phi) is 6.23. The number of aryl methyl sites for hydroxylation is 1. The number of hydrogen-bond acceptors (Lipinski definition) is 1. The minimum atomic E-state index is -0.436. The van der Waals surface area contributed by atoms with E-state index in [1.165, 1.54) is 49.7 Å². The summed E-state index contributed by atoms with van der Waals surface area (Å²) < 4.78 is 6.95. The van der Waals surface area contributed by atoms with Crippen LogP contribution in [-0.2, 0) is 5.41 Å². The lowest BCUT2D eigenvalue weighted by Crippen LogP contribution is -2.32. The zero-order chi connectivity index (χ0) is 27.1. The highest BCUT2D eigenvalue weighted by Crippen LogP contribution is 2.63. The topological polar surface area (TPSA) is 9.23 Å². The first-order valence-corrected chi connectivity index (χ1v) is 14.2. The number of hydrogen-bond donors (Lipinski definition) is 0. The zero-order valence-electron chi connectivity index (χ0n) is 23.4. The summed E-state index contributed by atoms with van der Waals surface area (Å²) in [6, 6.07) is 42.1. The third kappa shape index (κ3) is 3.39. The van der Waals surface area contributed by atoms with Crippen molar-refractivity contribution in [1.82, 2.24) is 0 Å². The first-order chi connectivity index (χ1) is 19.3. The van der Waals surface area contributed by atoms with Crippen molar-refractivity contribution in [1.29, 1.82) is 0 Å². The second kappa shape index (κ2) is 9.75. The van der Waals surface area contributed by atoms with Gasteiger partial charge in [0.05, 0.1) is 5.41 Å². The second-order valence-corrected chi connectivity index (χ2v) is 9.77. The predicted octanol–water partition coefficient (Wildman–Crippen LogP) is 10.8. The molecule has 6 aromatic rings. The Hall–Kier alpha value is -4.36. The Balaban J connectivity index is 0.000000663. The van der Waals surface area contributed by atoms with Gasteiger partial charge in [0.15, 0.2) is 0 Å². The Bertz CT molecular complexity index is 1760. The first kappa shape index (κ1) is 24.9. The molecule has 1 heterocycles. The van der Waals surface area contributed by atoms with Gasteiger partial charge in [-0.1, -0.05) is 149 Å². The fourth-order valence-corrected chi connectivity index (χ4v) is 6.52. The van der Waals surface area contributed by atoms with Gasteiger partial charge in [-0.15, -0.1) is 0 Å². The molecule has 1 heteroatoms. The smallest absolute Gasteiger partial charge is 0.140 e. The molecule has 192 valence electrons. The van der Waals surface area contributed by atoms with E-state index in [0.717, 1.165) is 22.3 Å². The molecule has 0 aromatic heterocycles. The Morgan fingerprint density at radius 1 is 0.462 bits per heavy atom. The quantitative estimate of drug-likeness (QED) is 0.199. The van der Waals surface area contributed by atoms with Crippen LogP contribution >= 0.6 is 0 Å². The molecule has 6 aromatic carbocycles. The maximum absolute atomic E-state index is 6.95. The predicted molar refractivity (Wildman–Crippen MR) is 166 cm³/mol. The van der Waals surface area contributed by atoms with Crippen molar-refractivity contribution in [3.63, 3.8) is 0 Å². The number of fused-ring (bicyclic) bond motifs is 13. The van der Waals surface area contributed by atoms with Crippen LogP contribution in [0.25, 0.3) is 32.7 Å². The Labute approximate surface area is 231 Å². The summed E-state index contributed by atoms with van der Waals surface area (Å²) in [7, 11) is 0. The maximum atomic E-state index is 6.95. The molecule has 0 radical (unpaired) electrons. The van der Waals surface area contributed by atoms with Crippen molar-refractivity contribution in [3.05, 3.63) is 143 Å². The molecule has 0 bridgehead atoms. The third-order valence-electron chi connectivity index (χ3n) is 7.97. The van der Waals surface area contributed by atoms with E-state index in [-0.39, 0.29) is 0 Å². The Morgan fingerprint density at radius 2 is 0.974 bits per heavy atom. The summed E-state index contributed by atoms with van der Waals surface area (Å²) in [6.45, 7) is 10.2. The summed E-state index contributed by atoms with van der Waals surface area (Å²) in [5, 5.41) is 4.70. The van der Waals surface area contributed by atoms with Crippen molar-refractivity contribution in [2.75, 3.05) is 0 Å². The highest BCUT2D eigenvalue weighted by molar-refractivity contribution is 5.99. The molecule has 2 aliphatic rings. The van der Waals surface area contributed by atoms with E-state index in [1.54, 1.807) is 0 Å². The molecule has 8 rings (SSSR count). The minimum absolute atomic E-state index is 0.436. The largest absolute Gasteiger partial charge is 0.455 e. The van der Waals surface area contributed by atoms with Crippen LogP contribution in [0.15, 0.2) is 115 Å². The Morgan fingerprint density at radius 3 is 1.59 bits per heavy atom. The monoisotopic (exact) mass is 506 g/mol. The van der Waals surface area contributed by atoms with Crippen LogP contribution in [0.5, 0.6) is 11.5 Å². The lowest BCUT2D eigenvalue weighted by molar-refractivity contribution is 0.447. The molecule has 0 unspecified atom stereocenters. The van der Waals surface area contributed by atoms with Crippen molar-refractivity contribution >= 4 is 21.5 Å². The van der Waals surface area contributed by atoms with E-state index in [9.17, 15) is 0 Å². The highest BCUT2D eigenvalue weighted by atomic mass is 16.5. The average Bonchev–Trinajstić information content (AvgIpc) is 3.29. The number of rotatable bonds is 0. The van der Waals surface area contributed by atoms with Crippen LogP contribution < -0.4 is 4.74 Å². The summed E-state index contributed by atoms with van der Waals surface area (Å²) in [6.07, 6.45) is 0. The van der Waals surface area contributed by atoms with Gasteiger partial charge in [-0.25, -0.2) is 0 Å². The minimum Gasteiger partial charge on any atom is -0.455 e. The van der Waals surface area contributed by atoms with Gasteiger partial charge >= 0.3 is 0 Å².